The Bertz CT molecular complexity index is 1230. The number of halogens is 3. The second-order valence-corrected chi connectivity index (χ2v) is 6.88. The first-order chi connectivity index (χ1) is 15.9. The molecule has 7 nitrogen and oxygen atoms in total. The Labute approximate surface area is 186 Å². The van der Waals surface area contributed by atoms with Gasteiger partial charge in [0.15, 0.2) is 0 Å². The fourth-order valence-electron chi connectivity index (χ4n) is 2.94. The predicted octanol–water partition coefficient (Wildman–Crippen LogP) is 4.63. The van der Waals surface area contributed by atoms with Gasteiger partial charge < -0.3 is 14.6 Å². The molecule has 4 rings (SSSR count). The van der Waals surface area contributed by atoms with Crippen LogP contribution < -0.4 is 10.1 Å². The lowest BCUT2D eigenvalue weighted by Crippen LogP contribution is -2.28. The molecule has 0 atom stereocenters. The van der Waals surface area contributed by atoms with Gasteiger partial charge in [0.05, 0.1) is 12.1 Å². The maximum absolute atomic E-state index is 12.6. The number of hydrogen-bond donors (Lipinski definition) is 1. The van der Waals surface area contributed by atoms with Gasteiger partial charge in [-0.05, 0) is 35.9 Å². The molecule has 168 valence electrons. The van der Waals surface area contributed by atoms with Gasteiger partial charge in [0, 0.05) is 23.5 Å². The molecular weight excluding hydrogens is 437 g/mol. The fourth-order valence-corrected chi connectivity index (χ4v) is 2.94. The highest BCUT2D eigenvalue weighted by Gasteiger charge is 2.38. The lowest BCUT2D eigenvalue weighted by molar-refractivity contribution is -0.159. The number of ether oxygens (including phenoxy) is 1. The number of benzene rings is 2. The molecule has 0 bridgehead atoms. The third-order valence-corrected chi connectivity index (χ3v) is 4.54. The second kappa shape index (κ2) is 9.51. The number of aromatic nitrogens is 3. The highest BCUT2D eigenvalue weighted by molar-refractivity contribution is 5.95. The van der Waals surface area contributed by atoms with Crippen LogP contribution in [-0.4, -0.2) is 34.2 Å². The summed E-state index contributed by atoms with van der Waals surface area (Å²) < 4.78 is 47.5. The topological polar surface area (TPSA) is 90.1 Å². The molecule has 4 aromatic rings. The smallest absolute Gasteiger partial charge is 0.471 e. The van der Waals surface area contributed by atoms with Crippen molar-refractivity contribution >= 4 is 5.91 Å². The Morgan fingerprint density at radius 3 is 2.42 bits per heavy atom. The van der Waals surface area contributed by atoms with E-state index in [4.69, 9.17) is 4.74 Å². The van der Waals surface area contributed by atoms with E-state index in [-0.39, 0.29) is 24.9 Å². The summed E-state index contributed by atoms with van der Waals surface area (Å²) in [5, 5.41) is 6.09. The van der Waals surface area contributed by atoms with Gasteiger partial charge >= 0.3 is 12.1 Å². The molecule has 0 unspecified atom stereocenters. The number of hydrogen-bond acceptors (Lipinski definition) is 6. The third-order valence-electron chi connectivity index (χ3n) is 4.54. The van der Waals surface area contributed by atoms with E-state index in [1.165, 1.54) is 18.3 Å². The molecule has 0 aliphatic heterocycles. The summed E-state index contributed by atoms with van der Waals surface area (Å²) in [4.78, 5) is 19.9. The van der Waals surface area contributed by atoms with Crippen molar-refractivity contribution in [3.05, 3.63) is 84.5 Å². The minimum Gasteiger partial charge on any atom is -0.492 e. The van der Waals surface area contributed by atoms with E-state index >= 15 is 0 Å². The van der Waals surface area contributed by atoms with Gasteiger partial charge in [0.2, 0.25) is 5.82 Å². The number of pyridine rings is 1. The molecule has 10 heteroatoms. The maximum Gasteiger partial charge on any atom is 0.471 e. The Kier molecular flexibility index (Phi) is 6.34. The van der Waals surface area contributed by atoms with Crippen molar-refractivity contribution in [1.29, 1.82) is 0 Å². The Hall–Kier alpha value is -4.21. The van der Waals surface area contributed by atoms with Crippen molar-refractivity contribution in [1.82, 2.24) is 20.4 Å². The minimum atomic E-state index is -4.70. The molecular formula is C23H17F3N4O3. The second-order valence-electron chi connectivity index (χ2n) is 6.88. The molecule has 0 radical (unpaired) electrons. The zero-order chi connectivity index (χ0) is 23.3. The summed E-state index contributed by atoms with van der Waals surface area (Å²) in [6.45, 7) is 0.438. The van der Waals surface area contributed by atoms with E-state index in [9.17, 15) is 18.0 Å². The Morgan fingerprint density at radius 2 is 1.73 bits per heavy atom. The Morgan fingerprint density at radius 1 is 0.970 bits per heavy atom. The standard InChI is InChI=1S/C23H17F3N4O3/c24-23(25,26)22-29-20(30-33-22)16-6-8-19(9-7-16)32-11-10-28-21(31)18-12-17(13-27-14-18)15-4-2-1-3-5-15/h1-9,12-14H,10-11H2,(H,28,31). The van der Waals surface area contributed by atoms with Crippen LogP contribution >= 0.6 is 0 Å². The van der Waals surface area contributed by atoms with E-state index in [0.717, 1.165) is 11.1 Å². The molecule has 0 saturated carbocycles. The number of carbonyl (C=O) groups is 1. The van der Waals surface area contributed by atoms with Gasteiger partial charge in [0.25, 0.3) is 5.91 Å². The molecule has 0 aliphatic carbocycles. The van der Waals surface area contributed by atoms with Crippen LogP contribution in [0.25, 0.3) is 22.5 Å². The third kappa shape index (κ3) is 5.53. The van der Waals surface area contributed by atoms with Crippen LogP contribution in [0.3, 0.4) is 0 Å². The predicted molar refractivity (Wildman–Crippen MR) is 112 cm³/mol. The van der Waals surface area contributed by atoms with Crippen LogP contribution in [0, 0.1) is 0 Å². The molecule has 2 aromatic carbocycles. The van der Waals surface area contributed by atoms with E-state index in [2.05, 4.69) is 25.0 Å². The van der Waals surface area contributed by atoms with Crippen LogP contribution in [0.15, 0.2) is 77.6 Å². The van der Waals surface area contributed by atoms with Crippen LogP contribution in [0.1, 0.15) is 16.2 Å². The summed E-state index contributed by atoms with van der Waals surface area (Å²) in [6.07, 6.45) is -1.52. The van der Waals surface area contributed by atoms with Crippen LogP contribution in [-0.2, 0) is 6.18 Å². The first-order valence-electron chi connectivity index (χ1n) is 9.83. The molecule has 0 fully saturated rings. The zero-order valence-electron chi connectivity index (χ0n) is 17.0. The van der Waals surface area contributed by atoms with Crippen molar-refractivity contribution in [3.8, 4) is 28.3 Å². The average molecular weight is 454 g/mol. The largest absolute Gasteiger partial charge is 0.492 e. The highest BCUT2D eigenvalue weighted by Crippen LogP contribution is 2.29. The molecule has 1 amide bonds. The maximum atomic E-state index is 12.6. The Balaban J connectivity index is 1.28. The van der Waals surface area contributed by atoms with E-state index < -0.39 is 12.1 Å². The lowest BCUT2D eigenvalue weighted by Gasteiger charge is -2.09. The summed E-state index contributed by atoms with van der Waals surface area (Å²) in [7, 11) is 0. The quantitative estimate of drug-likeness (QED) is 0.410. The number of nitrogens with one attached hydrogen (secondary N) is 1. The zero-order valence-corrected chi connectivity index (χ0v) is 17.0. The number of amides is 1. The van der Waals surface area contributed by atoms with Crippen molar-refractivity contribution in [3.63, 3.8) is 0 Å². The SMILES string of the molecule is O=C(NCCOc1ccc(-c2noc(C(F)(F)F)n2)cc1)c1cncc(-c2ccccc2)c1. The number of carbonyl (C=O) groups excluding carboxylic acids is 1. The molecule has 0 aliphatic rings. The van der Waals surface area contributed by atoms with E-state index in [1.54, 1.807) is 24.4 Å². The number of alkyl halides is 3. The first kappa shape index (κ1) is 22.0. The normalized spacial score (nSPS) is 11.2. The van der Waals surface area contributed by atoms with Gasteiger partial charge in [-0.1, -0.05) is 35.5 Å². The van der Waals surface area contributed by atoms with Crippen molar-refractivity contribution in [2.24, 2.45) is 0 Å². The summed E-state index contributed by atoms with van der Waals surface area (Å²) in [6, 6.07) is 17.5. The van der Waals surface area contributed by atoms with Crippen LogP contribution in [0.4, 0.5) is 13.2 Å². The molecule has 0 spiro atoms. The minimum absolute atomic E-state index is 0.174. The first-order valence-corrected chi connectivity index (χ1v) is 9.83. The van der Waals surface area contributed by atoms with Gasteiger partial charge in [-0.3, -0.25) is 9.78 Å². The van der Waals surface area contributed by atoms with Crippen LogP contribution in [0.5, 0.6) is 5.75 Å². The summed E-state index contributed by atoms with van der Waals surface area (Å²) >= 11 is 0. The fraction of sp³-hybridized carbons (Fsp3) is 0.130. The number of rotatable bonds is 7. The van der Waals surface area contributed by atoms with Crippen molar-refractivity contribution in [2.75, 3.05) is 13.2 Å². The van der Waals surface area contributed by atoms with E-state index in [1.807, 2.05) is 30.3 Å². The van der Waals surface area contributed by atoms with E-state index in [0.29, 0.717) is 16.9 Å². The van der Waals surface area contributed by atoms with Crippen molar-refractivity contribution < 1.29 is 27.2 Å². The van der Waals surface area contributed by atoms with Crippen molar-refractivity contribution in [2.45, 2.75) is 6.18 Å². The molecule has 1 N–H and O–H groups in total. The van der Waals surface area contributed by atoms with Gasteiger partial charge in [-0.15, -0.1) is 0 Å². The van der Waals surface area contributed by atoms with Gasteiger partial charge in [-0.2, -0.15) is 18.2 Å². The average Bonchev–Trinajstić information content (AvgIpc) is 3.34. The van der Waals surface area contributed by atoms with Gasteiger partial charge in [0.1, 0.15) is 12.4 Å². The van der Waals surface area contributed by atoms with Crippen LogP contribution in [0.2, 0.25) is 0 Å². The monoisotopic (exact) mass is 454 g/mol. The molecule has 0 saturated heterocycles. The molecule has 33 heavy (non-hydrogen) atoms. The summed E-state index contributed by atoms with van der Waals surface area (Å²) in [5.74, 6) is -1.39. The molecule has 2 heterocycles. The number of nitrogens with zero attached hydrogens (tertiary/aromatic N) is 3. The molecule has 2 aromatic heterocycles. The highest BCUT2D eigenvalue weighted by atomic mass is 19.4. The van der Waals surface area contributed by atoms with Gasteiger partial charge in [-0.25, -0.2) is 0 Å². The lowest BCUT2D eigenvalue weighted by atomic mass is 10.1. The summed E-state index contributed by atoms with van der Waals surface area (Å²) in [5.41, 5.74) is 2.57.